The predicted molar refractivity (Wildman–Crippen MR) is 79.4 cm³/mol. The first-order valence-corrected chi connectivity index (χ1v) is 7.25. The van der Waals surface area contributed by atoms with E-state index in [9.17, 15) is 5.11 Å². The number of unbranched alkanes of at least 4 members (excludes halogenated alkanes) is 2. The number of rotatable bonds is 8. The van der Waals surface area contributed by atoms with Gasteiger partial charge in [0.15, 0.2) is 0 Å². The number of halogens is 1. The number of hydrogen-bond donors (Lipinski definition) is 1. The van der Waals surface area contributed by atoms with E-state index in [0.717, 1.165) is 42.2 Å². The molecule has 0 aliphatic rings. The molecule has 0 heterocycles. The molecule has 3 heteroatoms. The number of anilines is 1. The van der Waals surface area contributed by atoms with Gasteiger partial charge in [0.05, 0.1) is 17.3 Å². The van der Waals surface area contributed by atoms with Gasteiger partial charge in [-0.25, -0.2) is 0 Å². The maximum Gasteiger partial charge on any atom is 0.0702 e. The maximum atomic E-state index is 9.46. The molecule has 1 aromatic rings. The summed E-state index contributed by atoms with van der Waals surface area (Å²) in [6, 6.07) is 5.75. The van der Waals surface area contributed by atoms with Crippen molar-refractivity contribution in [2.24, 2.45) is 0 Å². The van der Waals surface area contributed by atoms with Crippen LogP contribution in [0.3, 0.4) is 0 Å². The van der Waals surface area contributed by atoms with E-state index < -0.39 is 0 Å². The summed E-state index contributed by atoms with van der Waals surface area (Å²) >= 11 is 6.31. The standard InChI is InChI=1S/C15H24ClNO/c1-3-5-10-17(11-6-4-2)15-13(12-18)8-7-9-14(15)16/h7-9,18H,3-6,10-12H2,1-2H3. The number of para-hydroxylation sites is 1. The van der Waals surface area contributed by atoms with Crippen molar-refractivity contribution < 1.29 is 5.11 Å². The summed E-state index contributed by atoms with van der Waals surface area (Å²) in [5.41, 5.74) is 1.94. The van der Waals surface area contributed by atoms with Crippen LogP contribution in [0.15, 0.2) is 18.2 Å². The monoisotopic (exact) mass is 269 g/mol. The Balaban J connectivity index is 2.94. The van der Waals surface area contributed by atoms with Gasteiger partial charge in [0.25, 0.3) is 0 Å². The second-order valence-corrected chi connectivity index (χ2v) is 5.01. The second kappa shape index (κ2) is 8.39. The molecule has 0 aliphatic carbocycles. The Labute approximate surface area is 116 Å². The third kappa shape index (κ3) is 4.18. The zero-order valence-electron chi connectivity index (χ0n) is 11.5. The van der Waals surface area contributed by atoms with Gasteiger partial charge in [0.2, 0.25) is 0 Å². The van der Waals surface area contributed by atoms with Crippen LogP contribution in [0.4, 0.5) is 5.69 Å². The van der Waals surface area contributed by atoms with Crippen LogP contribution in [0.1, 0.15) is 45.1 Å². The summed E-state index contributed by atoms with van der Waals surface area (Å²) in [7, 11) is 0. The molecule has 0 bridgehead atoms. The fraction of sp³-hybridized carbons (Fsp3) is 0.600. The van der Waals surface area contributed by atoms with E-state index in [4.69, 9.17) is 11.6 Å². The van der Waals surface area contributed by atoms with Gasteiger partial charge in [0.1, 0.15) is 0 Å². The molecule has 0 saturated carbocycles. The van der Waals surface area contributed by atoms with Gasteiger partial charge in [-0.3, -0.25) is 0 Å². The number of benzene rings is 1. The zero-order chi connectivity index (χ0) is 13.4. The van der Waals surface area contributed by atoms with Crippen LogP contribution >= 0.6 is 11.6 Å². The molecule has 1 N–H and O–H groups in total. The summed E-state index contributed by atoms with van der Waals surface area (Å²) in [5.74, 6) is 0. The van der Waals surface area contributed by atoms with Crippen LogP contribution < -0.4 is 4.90 Å². The molecule has 0 aromatic heterocycles. The Bertz CT molecular complexity index is 346. The van der Waals surface area contributed by atoms with E-state index in [1.807, 2.05) is 18.2 Å². The third-order valence-corrected chi connectivity index (χ3v) is 3.43. The number of aliphatic hydroxyl groups excluding tert-OH is 1. The van der Waals surface area contributed by atoms with Crippen molar-refractivity contribution in [3.05, 3.63) is 28.8 Å². The topological polar surface area (TPSA) is 23.5 Å². The minimum Gasteiger partial charge on any atom is -0.392 e. The van der Waals surface area contributed by atoms with Crippen LogP contribution in [0.5, 0.6) is 0 Å². The molecular formula is C15H24ClNO. The summed E-state index contributed by atoms with van der Waals surface area (Å²) in [6.45, 7) is 6.44. The van der Waals surface area contributed by atoms with Gasteiger partial charge < -0.3 is 10.0 Å². The summed E-state index contributed by atoms with van der Waals surface area (Å²) < 4.78 is 0. The quantitative estimate of drug-likeness (QED) is 0.763. The van der Waals surface area contributed by atoms with Crippen molar-refractivity contribution in [2.45, 2.75) is 46.1 Å². The van der Waals surface area contributed by atoms with Crippen LogP contribution in [-0.4, -0.2) is 18.2 Å². The molecule has 102 valence electrons. The summed E-state index contributed by atoms with van der Waals surface area (Å²) in [6.07, 6.45) is 4.64. The fourth-order valence-electron chi connectivity index (χ4n) is 2.08. The first-order chi connectivity index (χ1) is 8.74. The van der Waals surface area contributed by atoms with Crippen molar-refractivity contribution in [3.8, 4) is 0 Å². The predicted octanol–water partition coefficient (Wildman–Crippen LogP) is 4.24. The maximum absolute atomic E-state index is 9.46. The molecule has 0 aliphatic heterocycles. The van der Waals surface area contributed by atoms with Crippen LogP contribution in [-0.2, 0) is 6.61 Å². The summed E-state index contributed by atoms with van der Waals surface area (Å²) in [5, 5.41) is 10.2. The number of hydrogen-bond acceptors (Lipinski definition) is 2. The van der Waals surface area contributed by atoms with Crippen LogP contribution in [0.25, 0.3) is 0 Å². The average molecular weight is 270 g/mol. The molecule has 0 saturated heterocycles. The molecule has 18 heavy (non-hydrogen) atoms. The molecular weight excluding hydrogens is 246 g/mol. The Morgan fingerprint density at radius 3 is 2.22 bits per heavy atom. The van der Waals surface area contributed by atoms with Crippen molar-refractivity contribution in [1.29, 1.82) is 0 Å². The van der Waals surface area contributed by atoms with Crippen molar-refractivity contribution >= 4 is 17.3 Å². The van der Waals surface area contributed by atoms with Crippen LogP contribution in [0, 0.1) is 0 Å². The Hall–Kier alpha value is -0.730. The molecule has 1 rings (SSSR count). The SMILES string of the molecule is CCCCN(CCCC)c1c(Cl)cccc1CO. The Morgan fingerprint density at radius 2 is 1.72 bits per heavy atom. The molecule has 0 radical (unpaired) electrons. The highest BCUT2D eigenvalue weighted by Gasteiger charge is 2.13. The fourth-order valence-corrected chi connectivity index (χ4v) is 2.39. The lowest BCUT2D eigenvalue weighted by molar-refractivity contribution is 0.282. The van der Waals surface area contributed by atoms with E-state index in [1.165, 1.54) is 12.8 Å². The Morgan fingerprint density at radius 1 is 1.11 bits per heavy atom. The summed E-state index contributed by atoms with van der Waals surface area (Å²) in [4.78, 5) is 2.32. The molecule has 0 fully saturated rings. The van der Waals surface area contributed by atoms with Crippen molar-refractivity contribution in [3.63, 3.8) is 0 Å². The first kappa shape index (κ1) is 15.3. The van der Waals surface area contributed by atoms with E-state index >= 15 is 0 Å². The second-order valence-electron chi connectivity index (χ2n) is 4.60. The van der Waals surface area contributed by atoms with Crippen molar-refractivity contribution in [1.82, 2.24) is 0 Å². The Kier molecular flexibility index (Phi) is 7.14. The lowest BCUT2D eigenvalue weighted by Gasteiger charge is -2.27. The molecule has 0 unspecified atom stereocenters. The highest BCUT2D eigenvalue weighted by atomic mass is 35.5. The number of aliphatic hydroxyl groups is 1. The van der Waals surface area contributed by atoms with Gasteiger partial charge in [-0.2, -0.15) is 0 Å². The van der Waals surface area contributed by atoms with E-state index in [2.05, 4.69) is 18.7 Å². The largest absolute Gasteiger partial charge is 0.392 e. The van der Waals surface area contributed by atoms with Gasteiger partial charge >= 0.3 is 0 Å². The molecule has 2 nitrogen and oxygen atoms in total. The zero-order valence-corrected chi connectivity index (χ0v) is 12.2. The highest BCUT2D eigenvalue weighted by Crippen LogP contribution is 2.30. The lowest BCUT2D eigenvalue weighted by Crippen LogP contribution is -2.27. The van der Waals surface area contributed by atoms with E-state index in [1.54, 1.807) is 0 Å². The average Bonchev–Trinajstić information content (AvgIpc) is 2.39. The smallest absolute Gasteiger partial charge is 0.0702 e. The molecule has 0 spiro atoms. The minimum absolute atomic E-state index is 0.0463. The molecule has 0 atom stereocenters. The van der Waals surface area contributed by atoms with Crippen molar-refractivity contribution in [2.75, 3.05) is 18.0 Å². The van der Waals surface area contributed by atoms with E-state index in [0.29, 0.717) is 0 Å². The molecule has 0 amide bonds. The van der Waals surface area contributed by atoms with Gasteiger partial charge in [-0.05, 0) is 18.9 Å². The normalized spacial score (nSPS) is 10.7. The van der Waals surface area contributed by atoms with Gasteiger partial charge in [-0.1, -0.05) is 50.4 Å². The van der Waals surface area contributed by atoms with Gasteiger partial charge in [-0.15, -0.1) is 0 Å². The first-order valence-electron chi connectivity index (χ1n) is 6.87. The minimum atomic E-state index is 0.0463. The molecule has 1 aromatic carbocycles. The number of nitrogens with zero attached hydrogens (tertiary/aromatic N) is 1. The lowest BCUT2D eigenvalue weighted by atomic mass is 10.1. The van der Waals surface area contributed by atoms with Crippen LogP contribution in [0.2, 0.25) is 5.02 Å². The highest BCUT2D eigenvalue weighted by molar-refractivity contribution is 6.33. The van der Waals surface area contributed by atoms with Gasteiger partial charge in [0, 0.05) is 18.7 Å². The van der Waals surface area contributed by atoms with E-state index in [-0.39, 0.29) is 6.61 Å². The third-order valence-electron chi connectivity index (χ3n) is 3.12.